The van der Waals surface area contributed by atoms with Gasteiger partial charge in [-0.05, 0) is 56.2 Å². The van der Waals surface area contributed by atoms with Gasteiger partial charge in [0, 0.05) is 18.0 Å². The Bertz CT molecular complexity index is 949. The molecule has 1 saturated carbocycles. The van der Waals surface area contributed by atoms with Crippen molar-refractivity contribution in [3.63, 3.8) is 0 Å². The van der Waals surface area contributed by atoms with Crippen LogP contribution in [0.4, 0.5) is 0 Å². The second kappa shape index (κ2) is 11.3. The van der Waals surface area contributed by atoms with Crippen LogP contribution < -0.4 is 11.1 Å². The summed E-state index contributed by atoms with van der Waals surface area (Å²) in [4.78, 5) is 33.0. The molecule has 2 heterocycles. The Morgan fingerprint density at radius 2 is 2.06 bits per heavy atom. The van der Waals surface area contributed by atoms with Gasteiger partial charge in [-0.1, -0.05) is 43.0 Å². The van der Waals surface area contributed by atoms with Gasteiger partial charge in [-0.2, -0.15) is 0 Å². The average molecular weight is 505 g/mol. The molecule has 4 N–H and O–H groups in total. The highest BCUT2D eigenvalue weighted by molar-refractivity contribution is 6.30. The number of benzene rings is 1. The van der Waals surface area contributed by atoms with Crippen LogP contribution in [0.2, 0.25) is 5.02 Å². The van der Waals surface area contributed by atoms with Crippen LogP contribution in [0.3, 0.4) is 0 Å². The van der Waals surface area contributed by atoms with E-state index >= 15 is 0 Å². The first-order valence-electron chi connectivity index (χ1n) is 12.8. The van der Waals surface area contributed by atoms with Crippen molar-refractivity contribution >= 4 is 29.3 Å². The van der Waals surface area contributed by atoms with Crippen LogP contribution in [0.1, 0.15) is 57.4 Å². The summed E-state index contributed by atoms with van der Waals surface area (Å²) in [6.07, 6.45) is 7.17. The van der Waals surface area contributed by atoms with E-state index in [1.165, 1.54) is 0 Å². The van der Waals surface area contributed by atoms with Gasteiger partial charge >= 0.3 is 0 Å². The quantitative estimate of drug-likeness (QED) is 0.502. The SMILES string of the molecule is C[C@H](N)C(=O)N[C@H](C(=O)N1CCCC1C1=N[C@](CO)(Cc2cccc(Cl)c2)CO1)C1CCCCC1. The van der Waals surface area contributed by atoms with Crippen LogP contribution in [0, 0.1) is 5.92 Å². The van der Waals surface area contributed by atoms with E-state index in [9.17, 15) is 14.7 Å². The maximum atomic E-state index is 13.8. The lowest BCUT2D eigenvalue weighted by atomic mass is 9.83. The average Bonchev–Trinajstić information content (AvgIpc) is 3.50. The fourth-order valence-corrected chi connectivity index (χ4v) is 5.74. The van der Waals surface area contributed by atoms with E-state index in [4.69, 9.17) is 27.1 Å². The largest absolute Gasteiger partial charge is 0.477 e. The molecular formula is C26H37ClN4O4. The Hall–Kier alpha value is -2.16. The first-order chi connectivity index (χ1) is 16.8. The van der Waals surface area contributed by atoms with Gasteiger partial charge < -0.3 is 25.8 Å². The number of nitrogens with two attached hydrogens (primary N) is 1. The number of likely N-dealkylation sites (tertiary alicyclic amines) is 1. The number of hydrogen-bond donors (Lipinski definition) is 3. The van der Waals surface area contributed by atoms with Crippen molar-refractivity contribution in [1.29, 1.82) is 0 Å². The van der Waals surface area contributed by atoms with E-state index in [1.54, 1.807) is 6.92 Å². The Balaban J connectivity index is 1.53. The number of ether oxygens (including phenoxy) is 1. The zero-order valence-corrected chi connectivity index (χ0v) is 21.2. The lowest BCUT2D eigenvalue weighted by molar-refractivity contribution is -0.138. The van der Waals surface area contributed by atoms with Crippen LogP contribution in [0.5, 0.6) is 0 Å². The van der Waals surface area contributed by atoms with Crippen LogP contribution >= 0.6 is 11.6 Å². The third-order valence-electron chi connectivity index (χ3n) is 7.47. The minimum atomic E-state index is -0.802. The fraction of sp³-hybridized carbons (Fsp3) is 0.654. The number of aliphatic hydroxyl groups is 1. The smallest absolute Gasteiger partial charge is 0.246 e. The van der Waals surface area contributed by atoms with Crippen molar-refractivity contribution in [1.82, 2.24) is 10.2 Å². The molecule has 1 unspecified atom stereocenters. The molecule has 0 spiro atoms. The highest BCUT2D eigenvalue weighted by Crippen LogP contribution is 2.32. The number of halogens is 1. The van der Waals surface area contributed by atoms with Gasteiger partial charge in [-0.25, -0.2) is 4.99 Å². The van der Waals surface area contributed by atoms with Crippen LogP contribution in [-0.4, -0.2) is 71.1 Å². The number of nitrogens with one attached hydrogen (secondary N) is 1. The summed E-state index contributed by atoms with van der Waals surface area (Å²) in [6.45, 7) is 2.30. The molecule has 1 aromatic rings. The van der Waals surface area contributed by atoms with Crippen molar-refractivity contribution in [3.05, 3.63) is 34.9 Å². The Labute approximate surface area is 212 Å². The Kier molecular flexibility index (Phi) is 8.34. The molecule has 3 aliphatic rings. The van der Waals surface area contributed by atoms with Gasteiger partial charge in [0.05, 0.1) is 12.6 Å². The molecule has 4 rings (SSSR count). The summed E-state index contributed by atoms with van der Waals surface area (Å²) in [7, 11) is 0. The molecule has 4 atom stereocenters. The summed E-state index contributed by atoms with van der Waals surface area (Å²) in [5.41, 5.74) is 5.97. The van der Waals surface area contributed by atoms with E-state index < -0.39 is 17.6 Å². The van der Waals surface area contributed by atoms with Gasteiger partial charge in [0.15, 0.2) is 0 Å². The van der Waals surface area contributed by atoms with E-state index in [2.05, 4.69) is 5.32 Å². The van der Waals surface area contributed by atoms with Crippen LogP contribution in [-0.2, 0) is 20.7 Å². The van der Waals surface area contributed by atoms with Crippen molar-refractivity contribution in [2.45, 2.75) is 82.0 Å². The molecule has 0 aromatic heterocycles. The van der Waals surface area contributed by atoms with Crippen molar-refractivity contribution in [3.8, 4) is 0 Å². The Morgan fingerprint density at radius 3 is 2.74 bits per heavy atom. The molecule has 35 heavy (non-hydrogen) atoms. The number of rotatable bonds is 8. The van der Waals surface area contributed by atoms with Crippen molar-refractivity contribution < 1.29 is 19.4 Å². The first-order valence-corrected chi connectivity index (χ1v) is 13.1. The van der Waals surface area contributed by atoms with E-state index in [1.807, 2.05) is 29.2 Å². The maximum absolute atomic E-state index is 13.8. The number of aliphatic imine (C=N–C) groups is 1. The predicted octanol–water partition coefficient (Wildman–Crippen LogP) is 2.45. The number of carbonyl (C=O) groups is 2. The normalized spacial score (nSPS) is 26.7. The topological polar surface area (TPSA) is 117 Å². The summed E-state index contributed by atoms with van der Waals surface area (Å²) < 4.78 is 6.03. The van der Waals surface area contributed by atoms with E-state index in [0.29, 0.717) is 23.9 Å². The third kappa shape index (κ3) is 5.98. The molecular weight excluding hydrogens is 468 g/mol. The predicted molar refractivity (Wildman–Crippen MR) is 135 cm³/mol. The second-order valence-electron chi connectivity index (χ2n) is 10.3. The minimum absolute atomic E-state index is 0.0870. The molecule has 2 aliphatic heterocycles. The first kappa shape index (κ1) is 25.9. The molecule has 0 bridgehead atoms. The van der Waals surface area contributed by atoms with Crippen LogP contribution in [0.15, 0.2) is 29.3 Å². The molecule has 8 nitrogen and oxygen atoms in total. The monoisotopic (exact) mass is 504 g/mol. The highest BCUT2D eigenvalue weighted by Gasteiger charge is 2.45. The number of carbonyl (C=O) groups excluding carboxylic acids is 2. The third-order valence-corrected chi connectivity index (χ3v) is 7.71. The minimum Gasteiger partial charge on any atom is -0.477 e. The standard InChI is InChI=1S/C26H37ClN4O4/c1-17(28)23(33)29-22(19-8-3-2-4-9-19)25(34)31-12-6-11-21(31)24-30-26(15-32,16-35-24)14-18-7-5-10-20(27)13-18/h5,7,10,13,17,19,21-22,32H,2-4,6,8-9,11-12,14-16,28H2,1H3,(H,29,33)/t17-,21?,22-,26-/m0/s1. The molecule has 1 aromatic carbocycles. The highest BCUT2D eigenvalue weighted by atomic mass is 35.5. The second-order valence-corrected chi connectivity index (χ2v) is 10.7. The summed E-state index contributed by atoms with van der Waals surface area (Å²) in [6, 6.07) is 5.95. The zero-order chi connectivity index (χ0) is 25.0. The summed E-state index contributed by atoms with van der Waals surface area (Å²) in [5.74, 6) is 0.204. The summed E-state index contributed by atoms with van der Waals surface area (Å²) >= 11 is 6.14. The van der Waals surface area contributed by atoms with E-state index in [-0.39, 0.29) is 37.0 Å². The molecule has 1 saturated heterocycles. The molecule has 2 amide bonds. The van der Waals surface area contributed by atoms with Crippen molar-refractivity contribution in [2.75, 3.05) is 19.8 Å². The lowest BCUT2D eigenvalue weighted by Crippen LogP contribution is -2.57. The number of aliphatic hydroxyl groups excluding tert-OH is 1. The molecule has 2 fully saturated rings. The molecule has 9 heteroatoms. The van der Waals surface area contributed by atoms with Gasteiger partial charge in [0.25, 0.3) is 0 Å². The maximum Gasteiger partial charge on any atom is 0.246 e. The number of amides is 2. The Morgan fingerprint density at radius 1 is 1.29 bits per heavy atom. The van der Waals surface area contributed by atoms with E-state index in [0.717, 1.165) is 50.5 Å². The van der Waals surface area contributed by atoms with Crippen molar-refractivity contribution in [2.24, 2.45) is 16.6 Å². The lowest BCUT2D eigenvalue weighted by Gasteiger charge is -2.35. The van der Waals surface area contributed by atoms with Gasteiger partial charge in [-0.3, -0.25) is 9.59 Å². The zero-order valence-electron chi connectivity index (χ0n) is 20.4. The molecule has 0 radical (unpaired) electrons. The van der Waals surface area contributed by atoms with Gasteiger partial charge in [0.2, 0.25) is 17.7 Å². The van der Waals surface area contributed by atoms with Gasteiger partial charge in [0.1, 0.15) is 24.2 Å². The molecule has 1 aliphatic carbocycles. The van der Waals surface area contributed by atoms with Gasteiger partial charge in [-0.15, -0.1) is 0 Å². The fourth-order valence-electron chi connectivity index (χ4n) is 5.53. The summed E-state index contributed by atoms with van der Waals surface area (Å²) in [5, 5.41) is 13.8. The van der Waals surface area contributed by atoms with Crippen LogP contribution in [0.25, 0.3) is 0 Å². The number of nitrogens with zero attached hydrogens (tertiary/aromatic N) is 2. The number of hydrogen-bond acceptors (Lipinski definition) is 6. The molecule has 192 valence electrons.